The van der Waals surface area contributed by atoms with Crippen molar-refractivity contribution >= 4 is 32.0 Å². The van der Waals surface area contributed by atoms with Crippen molar-refractivity contribution in [3.8, 4) is 0 Å². The summed E-state index contributed by atoms with van der Waals surface area (Å²) in [6, 6.07) is 1.12. The minimum absolute atomic E-state index is 0.0120. The summed E-state index contributed by atoms with van der Waals surface area (Å²) < 4.78 is 31.2. The number of nitro groups is 1. The number of sulfonamides is 1. The summed E-state index contributed by atoms with van der Waals surface area (Å²) in [5.41, 5.74) is -0.205. The second-order valence-electron chi connectivity index (χ2n) is 4.08. The van der Waals surface area contributed by atoms with Gasteiger partial charge in [-0.25, -0.2) is 8.42 Å². The van der Waals surface area contributed by atoms with Crippen LogP contribution in [-0.4, -0.2) is 50.5 Å². The number of nitrogens with one attached hydrogen (secondary N) is 1. The monoisotopic (exact) mass is 321 g/mol. The van der Waals surface area contributed by atoms with Gasteiger partial charge in [0.25, 0.3) is 10.0 Å². The van der Waals surface area contributed by atoms with E-state index in [1.165, 1.54) is 4.31 Å². The maximum Gasteiger partial charge on any atom is 0.304 e. The normalized spacial score (nSPS) is 17.1. The van der Waals surface area contributed by atoms with E-state index >= 15 is 0 Å². The number of nitrogens with zero attached hydrogens (tertiary/aromatic N) is 2. The maximum atomic E-state index is 12.4. The third-order valence-electron chi connectivity index (χ3n) is 2.79. The van der Waals surface area contributed by atoms with Crippen LogP contribution in [0.2, 0.25) is 0 Å². The van der Waals surface area contributed by atoms with Gasteiger partial charge in [0.05, 0.1) is 18.1 Å². The molecule has 0 unspecified atom stereocenters. The van der Waals surface area contributed by atoms with Crippen LogP contribution >= 0.6 is 11.3 Å². The minimum atomic E-state index is -3.69. The molecule has 112 valence electrons. The smallest absolute Gasteiger partial charge is 0.304 e. The highest BCUT2D eigenvalue weighted by Crippen LogP contribution is 2.38. The van der Waals surface area contributed by atoms with Crippen molar-refractivity contribution in [1.29, 1.82) is 0 Å². The summed E-state index contributed by atoms with van der Waals surface area (Å²) in [6.07, 6.45) is 0. The zero-order valence-corrected chi connectivity index (χ0v) is 12.5. The van der Waals surface area contributed by atoms with Crippen LogP contribution in [0, 0.1) is 10.1 Å². The Morgan fingerprint density at radius 2 is 2.15 bits per heavy atom. The van der Waals surface area contributed by atoms with Gasteiger partial charge in [0.2, 0.25) is 0 Å². The highest BCUT2D eigenvalue weighted by Gasteiger charge is 2.31. The fraction of sp³-hybridized carbons (Fsp3) is 0.600. The van der Waals surface area contributed by atoms with Gasteiger partial charge in [-0.3, -0.25) is 10.1 Å². The van der Waals surface area contributed by atoms with E-state index in [2.05, 4.69) is 5.32 Å². The Balaban J connectivity index is 2.36. The number of thiophene rings is 1. The van der Waals surface area contributed by atoms with Crippen LogP contribution in [0.15, 0.2) is 10.3 Å². The standard InChI is InChI=1S/C10H15N3O5S2/c1-2-11-10-8(13(14)15)7-9(19-10)20(16,17)12-3-5-18-6-4-12/h7,11H,2-6H2,1H3. The Kier molecular flexibility index (Phi) is 4.58. The predicted octanol–water partition coefficient (Wildman–Crippen LogP) is 1.11. The molecule has 1 aliphatic heterocycles. The molecule has 1 fully saturated rings. The van der Waals surface area contributed by atoms with Gasteiger partial charge < -0.3 is 10.1 Å². The summed E-state index contributed by atoms with van der Waals surface area (Å²) in [6.45, 7) is 3.49. The molecule has 0 amide bonds. The third-order valence-corrected chi connectivity index (χ3v) is 6.22. The molecule has 1 N–H and O–H groups in total. The first-order chi connectivity index (χ1) is 9.46. The predicted molar refractivity (Wildman–Crippen MR) is 74.7 cm³/mol. The van der Waals surface area contributed by atoms with E-state index in [0.717, 1.165) is 17.4 Å². The largest absolute Gasteiger partial charge is 0.379 e. The first-order valence-corrected chi connectivity index (χ1v) is 8.32. The molecule has 0 spiro atoms. The third kappa shape index (κ3) is 2.92. The lowest BCUT2D eigenvalue weighted by Crippen LogP contribution is -2.40. The Bertz CT molecular complexity index is 592. The van der Waals surface area contributed by atoms with Crippen LogP contribution in [-0.2, 0) is 14.8 Å². The molecule has 20 heavy (non-hydrogen) atoms. The fourth-order valence-electron chi connectivity index (χ4n) is 1.82. The van der Waals surface area contributed by atoms with Gasteiger partial charge in [-0.2, -0.15) is 4.31 Å². The molecule has 10 heteroatoms. The second-order valence-corrected chi connectivity index (χ2v) is 7.30. The van der Waals surface area contributed by atoms with Crippen molar-refractivity contribution in [1.82, 2.24) is 4.31 Å². The molecular weight excluding hydrogens is 306 g/mol. The summed E-state index contributed by atoms with van der Waals surface area (Å²) in [4.78, 5) is 10.4. The van der Waals surface area contributed by atoms with Crippen molar-refractivity contribution in [3.05, 3.63) is 16.2 Å². The van der Waals surface area contributed by atoms with Gasteiger partial charge in [0.1, 0.15) is 4.21 Å². The highest BCUT2D eigenvalue weighted by atomic mass is 32.2. The average molecular weight is 321 g/mol. The minimum Gasteiger partial charge on any atom is -0.379 e. The summed E-state index contributed by atoms with van der Waals surface area (Å²) >= 11 is 0.890. The van der Waals surface area contributed by atoms with Crippen LogP contribution in [0.25, 0.3) is 0 Å². The first-order valence-electron chi connectivity index (χ1n) is 6.06. The van der Waals surface area contributed by atoms with Crippen molar-refractivity contribution in [2.24, 2.45) is 0 Å². The molecule has 0 saturated carbocycles. The van der Waals surface area contributed by atoms with Crippen molar-refractivity contribution in [3.63, 3.8) is 0 Å². The molecule has 1 aromatic rings. The molecule has 1 aromatic heterocycles. The van der Waals surface area contributed by atoms with Gasteiger partial charge in [-0.1, -0.05) is 11.3 Å². The van der Waals surface area contributed by atoms with Gasteiger partial charge in [-0.05, 0) is 6.92 Å². The number of hydrogen-bond acceptors (Lipinski definition) is 7. The van der Waals surface area contributed by atoms with E-state index in [0.29, 0.717) is 19.8 Å². The molecule has 0 atom stereocenters. The van der Waals surface area contributed by atoms with Crippen LogP contribution < -0.4 is 5.32 Å². The van der Waals surface area contributed by atoms with E-state index in [4.69, 9.17) is 4.74 Å². The number of ether oxygens (including phenoxy) is 1. The molecule has 2 rings (SSSR count). The van der Waals surface area contributed by atoms with Crippen molar-refractivity contribution in [2.75, 3.05) is 38.2 Å². The molecule has 0 bridgehead atoms. The first kappa shape index (κ1) is 15.2. The van der Waals surface area contributed by atoms with E-state index < -0.39 is 14.9 Å². The van der Waals surface area contributed by atoms with Gasteiger partial charge in [0, 0.05) is 25.7 Å². The Morgan fingerprint density at radius 3 is 2.70 bits per heavy atom. The van der Waals surface area contributed by atoms with Crippen LogP contribution in [0.3, 0.4) is 0 Å². The summed E-state index contributed by atoms with van der Waals surface area (Å²) in [7, 11) is -3.69. The van der Waals surface area contributed by atoms with Crippen LogP contribution in [0.1, 0.15) is 6.92 Å². The molecule has 1 aliphatic rings. The highest BCUT2D eigenvalue weighted by molar-refractivity contribution is 7.91. The van der Waals surface area contributed by atoms with E-state index in [-0.39, 0.29) is 28.0 Å². The van der Waals surface area contributed by atoms with Crippen molar-refractivity contribution in [2.45, 2.75) is 11.1 Å². The zero-order chi connectivity index (χ0) is 14.8. The second kappa shape index (κ2) is 6.04. The number of anilines is 1. The van der Waals surface area contributed by atoms with E-state index in [1.807, 2.05) is 0 Å². The number of rotatable bonds is 5. The molecular formula is C10H15N3O5S2. The molecule has 0 radical (unpaired) electrons. The Morgan fingerprint density at radius 1 is 1.50 bits per heavy atom. The SMILES string of the molecule is CCNc1sc(S(=O)(=O)N2CCOCC2)cc1[N+](=O)[O-]. The zero-order valence-electron chi connectivity index (χ0n) is 10.9. The molecule has 8 nitrogen and oxygen atoms in total. The lowest BCUT2D eigenvalue weighted by molar-refractivity contribution is -0.383. The van der Waals surface area contributed by atoms with Gasteiger partial charge in [-0.15, -0.1) is 0 Å². The van der Waals surface area contributed by atoms with Crippen LogP contribution in [0.5, 0.6) is 0 Å². The Hall–Kier alpha value is -1.23. The van der Waals surface area contributed by atoms with E-state index in [9.17, 15) is 18.5 Å². The van der Waals surface area contributed by atoms with Gasteiger partial charge >= 0.3 is 5.69 Å². The number of hydrogen-bond donors (Lipinski definition) is 1. The molecule has 0 aromatic carbocycles. The lowest BCUT2D eigenvalue weighted by atomic mass is 10.5. The summed E-state index contributed by atoms with van der Waals surface area (Å²) in [5.74, 6) is 0. The molecule has 0 aliphatic carbocycles. The summed E-state index contributed by atoms with van der Waals surface area (Å²) in [5, 5.41) is 14.0. The average Bonchev–Trinajstić information content (AvgIpc) is 2.85. The number of morpholine rings is 1. The topological polar surface area (TPSA) is 102 Å². The van der Waals surface area contributed by atoms with Crippen LogP contribution in [0.4, 0.5) is 10.7 Å². The van der Waals surface area contributed by atoms with E-state index in [1.54, 1.807) is 6.92 Å². The van der Waals surface area contributed by atoms with Crippen molar-refractivity contribution < 1.29 is 18.1 Å². The van der Waals surface area contributed by atoms with Gasteiger partial charge in [0.15, 0.2) is 5.00 Å². The lowest BCUT2D eigenvalue weighted by Gasteiger charge is -2.25. The Labute approximate surface area is 120 Å². The molecule has 1 saturated heterocycles. The quantitative estimate of drug-likeness (QED) is 0.644. The molecule has 2 heterocycles. The fourth-order valence-corrected chi connectivity index (χ4v) is 4.78. The maximum absolute atomic E-state index is 12.4.